The van der Waals surface area contributed by atoms with E-state index in [9.17, 15) is 4.79 Å². The summed E-state index contributed by atoms with van der Waals surface area (Å²) in [5, 5.41) is 9.34. The molecule has 0 spiro atoms. The highest BCUT2D eigenvalue weighted by atomic mass is 35.5. The van der Waals surface area contributed by atoms with Gasteiger partial charge in [-0.2, -0.15) is 10.1 Å². The minimum absolute atomic E-state index is 0.0383. The molecule has 6 nitrogen and oxygen atoms in total. The summed E-state index contributed by atoms with van der Waals surface area (Å²) < 4.78 is 7.48. The number of pyridine rings is 1. The fraction of sp³-hybridized carbons (Fsp3) is 0.269. The van der Waals surface area contributed by atoms with Crippen molar-refractivity contribution in [1.82, 2.24) is 20.1 Å². The summed E-state index contributed by atoms with van der Waals surface area (Å²) in [7, 11) is 1.61. The van der Waals surface area contributed by atoms with Gasteiger partial charge in [-0.25, -0.2) is 4.68 Å². The van der Waals surface area contributed by atoms with Crippen molar-refractivity contribution >= 4 is 28.5 Å². The Morgan fingerprint density at radius 2 is 1.88 bits per heavy atom. The van der Waals surface area contributed by atoms with Gasteiger partial charge in [-0.05, 0) is 62.6 Å². The molecule has 2 aromatic carbocycles. The molecular formula is C26H27ClN4O2. The number of methoxy groups -OCH3 is 1. The van der Waals surface area contributed by atoms with Crippen molar-refractivity contribution in [2.75, 3.05) is 7.11 Å². The number of aryl methyl sites for hydroxylation is 3. The molecule has 0 saturated heterocycles. The monoisotopic (exact) mass is 462 g/mol. The molecule has 1 amide bonds. The summed E-state index contributed by atoms with van der Waals surface area (Å²) in [6, 6.07) is 15.6. The molecule has 2 aromatic heterocycles. The molecule has 170 valence electrons. The lowest BCUT2D eigenvalue weighted by Gasteiger charge is -2.13. The van der Waals surface area contributed by atoms with E-state index in [0.29, 0.717) is 30.3 Å². The van der Waals surface area contributed by atoms with Gasteiger partial charge < -0.3 is 10.1 Å². The number of carbonyl (C=O) groups is 1. The smallest absolute Gasteiger partial charge is 0.220 e. The molecule has 7 heteroatoms. The first-order chi connectivity index (χ1) is 15.9. The zero-order valence-electron chi connectivity index (χ0n) is 19.3. The first kappa shape index (κ1) is 22.8. The lowest BCUT2D eigenvalue weighted by atomic mass is 10.0. The number of halogens is 1. The molecule has 0 aliphatic rings. The number of nitrogens with one attached hydrogen (secondary N) is 1. The van der Waals surface area contributed by atoms with Crippen molar-refractivity contribution in [3.63, 3.8) is 0 Å². The summed E-state index contributed by atoms with van der Waals surface area (Å²) in [6.07, 6.45) is 0.852. The predicted octanol–water partition coefficient (Wildman–Crippen LogP) is 5.26. The van der Waals surface area contributed by atoms with Gasteiger partial charge in [0.25, 0.3) is 0 Å². The van der Waals surface area contributed by atoms with Gasteiger partial charge in [0.15, 0.2) is 5.65 Å². The number of hydrogen-bond donors (Lipinski definition) is 1. The summed E-state index contributed by atoms with van der Waals surface area (Å²) in [5.74, 6) is 0.486. The zero-order chi connectivity index (χ0) is 23.5. The van der Waals surface area contributed by atoms with Crippen LogP contribution < -0.4 is 10.1 Å². The van der Waals surface area contributed by atoms with Gasteiger partial charge in [0.2, 0.25) is 11.8 Å². The summed E-state index contributed by atoms with van der Waals surface area (Å²) >= 11 is 6.02. The Morgan fingerprint density at radius 3 is 2.58 bits per heavy atom. The van der Waals surface area contributed by atoms with Crippen LogP contribution in [0, 0.1) is 20.8 Å². The van der Waals surface area contributed by atoms with Crippen LogP contribution in [-0.4, -0.2) is 27.8 Å². The third kappa shape index (κ3) is 4.86. The minimum Gasteiger partial charge on any atom is -0.481 e. The topological polar surface area (TPSA) is 69.0 Å². The fourth-order valence-corrected chi connectivity index (χ4v) is 4.25. The van der Waals surface area contributed by atoms with Crippen LogP contribution in [0.2, 0.25) is 5.02 Å². The van der Waals surface area contributed by atoms with Crippen LogP contribution in [0.1, 0.15) is 34.4 Å². The van der Waals surface area contributed by atoms with Crippen LogP contribution in [0.5, 0.6) is 5.88 Å². The molecule has 0 saturated carbocycles. The van der Waals surface area contributed by atoms with Gasteiger partial charge in [0.05, 0.1) is 18.5 Å². The van der Waals surface area contributed by atoms with E-state index in [2.05, 4.69) is 24.4 Å². The van der Waals surface area contributed by atoms with E-state index < -0.39 is 0 Å². The molecule has 0 atom stereocenters. The van der Waals surface area contributed by atoms with Crippen LogP contribution in [-0.2, 0) is 17.8 Å². The SMILES string of the molecule is COc1nc2c(c(C)nn2-c2ccc(C)cc2)c(C)c1CCC(=O)NCc1cccc(Cl)c1. The molecule has 0 aliphatic heterocycles. The van der Waals surface area contributed by atoms with Crippen molar-refractivity contribution in [2.45, 2.75) is 40.2 Å². The maximum absolute atomic E-state index is 12.5. The highest BCUT2D eigenvalue weighted by Crippen LogP contribution is 2.31. The Morgan fingerprint density at radius 1 is 1.12 bits per heavy atom. The van der Waals surface area contributed by atoms with E-state index >= 15 is 0 Å². The highest BCUT2D eigenvalue weighted by Gasteiger charge is 2.20. The van der Waals surface area contributed by atoms with Gasteiger partial charge in [-0.15, -0.1) is 0 Å². The zero-order valence-corrected chi connectivity index (χ0v) is 20.0. The van der Waals surface area contributed by atoms with Gasteiger partial charge in [0.1, 0.15) is 0 Å². The number of aromatic nitrogens is 3. The first-order valence-corrected chi connectivity index (χ1v) is 11.3. The predicted molar refractivity (Wildman–Crippen MR) is 131 cm³/mol. The number of rotatable bonds is 7. The van der Waals surface area contributed by atoms with E-state index in [1.54, 1.807) is 7.11 Å². The number of fused-ring (bicyclic) bond motifs is 1. The Kier molecular flexibility index (Phi) is 6.65. The molecule has 0 bridgehead atoms. The third-order valence-corrected chi connectivity index (χ3v) is 6.02. The molecule has 4 aromatic rings. The van der Waals surface area contributed by atoms with Crippen LogP contribution in [0.25, 0.3) is 16.7 Å². The van der Waals surface area contributed by atoms with Gasteiger partial charge in [0, 0.05) is 28.9 Å². The minimum atomic E-state index is -0.0383. The fourth-order valence-electron chi connectivity index (χ4n) is 4.04. The number of amides is 1. The maximum atomic E-state index is 12.5. The Labute approximate surface area is 198 Å². The summed E-state index contributed by atoms with van der Waals surface area (Å²) in [5.41, 5.74) is 6.70. The van der Waals surface area contributed by atoms with Crippen LogP contribution in [0.4, 0.5) is 0 Å². The van der Waals surface area contributed by atoms with Crippen molar-refractivity contribution in [3.05, 3.63) is 81.5 Å². The molecule has 4 rings (SSSR count). The van der Waals surface area contributed by atoms with E-state index in [-0.39, 0.29) is 5.91 Å². The van der Waals surface area contributed by atoms with E-state index in [1.165, 1.54) is 5.56 Å². The molecule has 2 heterocycles. The second-order valence-corrected chi connectivity index (χ2v) is 8.60. The van der Waals surface area contributed by atoms with Gasteiger partial charge >= 0.3 is 0 Å². The lowest BCUT2D eigenvalue weighted by Crippen LogP contribution is -2.23. The number of carbonyl (C=O) groups excluding carboxylic acids is 1. The van der Waals surface area contributed by atoms with Crippen molar-refractivity contribution in [2.24, 2.45) is 0 Å². The molecule has 0 fully saturated rings. The molecule has 0 unspecified atom stereocenters. The Hall–Kier alpha value is -3.38. The van der Waals surface area contributed by atoms with Crippen molar-refractivity contribution in [1.29, 1.82) is 0 Å². The van der Waals surface area contributed by atoms with Gasteiger partial charge in [-0.3, -0.25) is 4.79 Å². The van der Waals surface area contributed by atoms with E-state index in [0.717, 1.165) is 39.1 Å². The van der Waals surface area contributed by atoms with Crippen molar-refractivity contribution < 1.29 is 9.53 Å². The number of hydrogen-bond acceptors (Lipinski definition) is 4. The number of ether oxygens (including phenoxy) is 1. The molecule has 0 radical (unpaired) electrons. The highest BCUT2D eigenvalue weighted by molar-refractivity contribution is 6.30. The molecule has 33 heavy (non-hydrogen) atoms. The van der Waals surface area contributed by atoms with Gasteiger partial charge in [-0.1, -0.05) is 41.4 Å². The Bertz CT molecular complexity index is 1310. The number of benzene rings is 2. The Balaban J connectivity index is 1.57. The quantitative estimate of drug-likeness (QED) is 0.407. The van der Waals surface area contributed by atoms with Crippen LogP contribution >= 0.6 is 11.6 Å². The maximum Gasteiger partial charge on any atom is 0.220 e. The average molecular weight is 463 g/mol. The lowest BCUT2D eigenvalue weighted by molar-refractivity contribution is -0.121. The standard InChI is InChI=1S/C26H27ClN4O2/c1-16-8-10-21(11-9-16)31-25-24(18(3)30-31)17(2)22(26(29-25)33-4)12-13-23(32)28-15-19-6-5-7-20(27)14-19/h5-11,14H,12-13,15H2,1-4H3,(H,28,32). The van der Waals surface area contributed by atoms with E-state index in [4.69, 9.17) is 26.4 Å². The second kappa shape index (κ2) is 9.63. The molecule has 1 N–H and O–H groups in total. The largest absolute Gasteiger partial charge is 0.481 e. The summed E-state index contributed by atoms with van der Waals surface area (Å²) in [6.45, 7) is 6.52. The molecular weight excluding hydrogens is 436 g/mol. The normalized spacial score (nSPS) is 11.1. The first-order valence-electron chi connectivity index (χ1n) is 10.9. The van der Waals surface area contributed by atoms with Crippen LogP contribution in [0.3, 0.4) is 0 Å². The third-order valence-electron chi connectivity index (χ3n) is 5.78. The van der Waals surface area contributed by atoms with E-state index in [1.807, 2.05) is 54.9 Å². The number of nitrogens with zero attached hydrogens (tertiary/aromatic N) is 3. The molecule has 0 aliphatic carbocycles. The average Bonchev–Trinajstić information content (AvgIpc) is 3.13. The second-order valence-electron chi connectivity index (χ2n) is 8.16. The summed E-state index contributed by atoms with van der Waals surface area (Å²) in [4.78, 5) is 17.3. The van der Waals surface area contributed by atoms with Crippen LogP contribution in [0.15, 0.2) is 48.5 Å². The van der Waals surface area contributed by atoms with Crippen molar-refractivity contribution in [3.8, 4) is 11.6 Å².